The number of rotatable bonds is 17. The van der Waals surface area contributed by atoms with Crippen LogP contribution in [0.2, 0.25) is 0 Å². The van der Waals surface area contributed by atoms with Gasteiger partial charge in [0, 0.05) is 12.8 Å². The maximum absolute atomic E-state index is 11.6. The van der Waals surface area contributed by atoms with Gasteiger partial charge in [-0.3, -0.25) is 9.59 Å². The molecule has 0 aromatic carbocycles. The molecule has 148 valence electrons. The predicted octanol–water partition coefficient (Wildman–Crippen LogP) is 5.82. The first-order chi connectivity index (χ1) is 12.1. The van der Waals surface area contributed by atoms with Crippen molar-refractivity contribution in [1.29, 1.82) is 0 Å². The van der Waals surface area contributed by atoms with E-state index in [4.69, 9.17) is 9.47 Å². The van der Waals surface area contributed by atoms with Crippen molar-refractivity contribution in [2.24, 2.45) is 5.92 Å². The van der Waals surface area contributed by atoms with Crippen molar-refractivity contribution in [1.82, 2.24) is 0 Å². The first-order valence-electron chi connectivity index (χ1n) is 10.4. The molecule has 0 saturated carbocycles. The molecule has 0 bridgehead atoms. The molecular weight excluding hydrogens is 316 g/mol. The lowest BCUT2D eigenvalue weighted by Gasteiger charge is -2.07. The van der Waals surface area contributed by atoms with E-state index in [0.717, 1.165) is 19.3 Å². The lowest BCUT2D eigenvalue weighted by molar-refractivity contribution is -0.146. The van der Waals surface area contributed by atoms with E-state index in [1.54, 1.807) is 0 Å². The number of esters is 2. The molecular formula is C21H40O4. The number of ether oxygens (including phenoxy) is 2. The zero-order valence-electron chi connectivity index (χ0n) is 16.8. The zero-order chi connectivity index (χ0) is 18.8. The Bertz CT molecular complexity index is 326. The van der Waals surface area contributed by atoms with Crippen LogP contribution in [-0.4, -0.2) is 25.2 Å². The fourth-order valence-corrected chi connectivity index (χ4v) is 2.51. The lowest BCUT2D eigenvalue weighted by atomic mass is 10.1. The van der Waals surface area contributed by atoms with Crippen LogP contribution in [0.1, 0.15) is 104 Å². The molecule has 0 radical (unpaired) electrons. The van der Waals surface area contributed by atoms with Crippen molar-refractivity contribution >= 4 is 11.9 Å². The molecule has 0 fully saturated rings. The van der Waals surface area contributed by atoms with Crippen LogP contribution in [0, 0.1) is 5.92 Å². The second-order valence-electron chi connectivity index (χ2n) is 7.31. The van der Waals surface area contributed by atoms with Gasteiger partial charge < -0.3 is 9.47 Å². The van der Waals surface area contributed by atoms with Gasteiger partial charge >= 0.3 is 11.9 Å². The summed E-state index contributed by atoms with van der Waals surface area (Å²) in [6.45, 7) is 7.47. The lowest BCUT2D eigenvalue weighted by Crippen LogP contribution is -2.08. The molecule has 4 heteroatoms. The topological polar surface area (TPSA) is 52.6 Å². The summed E-state index contributed by atoms with van der Waals surface area (Å²) in [6, 6.07) is 0. The molecule has 0 aromatic heterocycles. The number of carbonyl (C=O) groups excluding carboxylic acids is 2. The summed E-state index contributed by atoms with van der Waals surface area (Å²) in [5.74, 6) is 0.243. The van der Waals surface area contributed by atoms with Gasteiger partial charge in [-0.15, -0.1) is 0 Å². The van der Waals surface area contributed by atoms with E-state index in [0.29, 0.717) is 44.8 Å². The van der Waals surface area contributed by atoms with Gasteiger partial charge in [0.15, 0.2) is 0 Å². The van der Waals surface area contributed by atoms with E-state index in [1.165, 1.54) is 38.5 Å². The summed E-state index contributed by atoms with van der Waals surface area (Å²) >= 11 is 0. The number of hydrogen-bond acceptors (Lipinski definition) is 4. The summed E-state index contributed by atoms with van der Waals surface area (Å²) in [4.78, 5) is 23.1. The average Bonchev–Trinajstić information content (AvgIpc) is 2.57. The Kier molecular flexibility index (Phi) is 17.0. The summed E-state index contributed by atoms with van der Waals surface area (Å²) in [5.41, 5.74) is 0. The van der Waals surface area contributed by atoms with Crippen LogP contribution in [-0.2, 0) is 19.1 Å². The normalized spacial score (nSPS) is 10.9. The molecule has 0 spiro atoms. The molecule has 0 atom stereocenters. The van der Waals surface area contributed by atoms with Crippen LogP contribution in [0.5, 0.6) is 0 Å². The third-order valence-electron chi connectivity index (χ3n) is 4.23. The minimum absolute atomic E-state index is 0.142. The van der Waals surface area contributed by atoms with Crippen molar-refractivity contribution in [3.63, 3.8) is 0 Å². The third-order valence-corrected chi connectivity index (χ3v) is 4.23. The van der Waals surface area contributed by atoms with E-state index < -0.39 is 0 Å². The van der Waals surface area contributed by atoms with E-state index in [-0.39, 0.29) is 11.9 Å². The van der Waals surface area contributed by atoms with Gasteiger partial charge in [0.1, 0.15) is 0 Å². The highest BCUT2D eigenvalue weighted by Gasteiger charge is 2.06. The molecule has 0 aliphatic carbocycles. The molecule has 0 amide bonds. The quantitative estimate of drug-likeness (QED) is 0.243. The maximum atomic E-state index is 11.6. The van der Waals surface area contributed by atoms with Gasteiger partial charge in [-0.05, 0) is 31.6 Å². The van der Waals surface area contributed by atoms with E-state index in [1.807, 2.05) is 0 Å². The van der Waals surface area contributed by atoms with E-state index >= 15 is 0 Å². The van der Waals surface area contributed by atoms with Crippen LogP contribution in [0.25, 0.3) is 0 Å². The highest BCUT2D eigenvalue weighted by Crippen LogP contribution is 2.09. The SMILES string of the molecule is CCCCCCCCCCOC(=O)CCCCC(=O)OCCC(C)C. The summed E-state index contributed by atoms with van der Waals surface area (Å²) in [7, 11) is 0. The fraction of sp³-hybridized carbons (Fsp3) is 0.905. The minimum atomic E-state index is -0.159. The maximum Gasteiger partial charge on any atom is 0.305 e. The molecule has 0 rings (SSSR count). The van der Waals surface area contributed by atoms with Gasteiger partial charge in [-0.1, -0.05) is 65.7 Å². The Hall–Kier alpha value is -1.06. The Morgan fingerprint density at radius 2 is 1.16 bits per heavy atom. The standard InChI is InChI=1S/C21H40O4/c1-4-5-6-7-8-9-10-13-17-24-20(22)14-11-12-15-21(23)25-18-16-19(2)3/h19H,4-18H2,1-3H3. The van der Waals surface area contributed by atoms with Gasteiger partial charge in [0.25, 0.3) is 0 Å². The smallest absolute Gasteiger partial charge is 0.305 e. The molecule has 0 saturated heterocycles. The number of carbonyl (C=O) groups is 2. The second-order valence-corrected chi connectivity index (χ2v) is 7.31. The van der Waals surface area contributed by atoms with Crippen LogP contribution in [0.3, 0.4) is 0 Å². The minimum Gasteiger partial charge on any atom is -0.466 e. The summed E-state index contributed by atoms with van der Waals surface area (Å²) in [5, 5.41) is 0. The fourth-order valence-electron chi connectivity index (χ4n) is 2.51. The average molecular weight is 357 g/mol. The molecule has 0 heterocycles. The van der Waals surface area contributed by atoms with Gasteiger partial charge in [-0.25, -0.2) is 0 Å². The monoisotopic (exact) mass is 356 g/mol. The van der Waals surface area contributed by atoms with Crippen molar-refractivity contribution < 1.29 is 19.1 Å². The highest BCUT2D eigenvalue weighted by atomic mass is 16.5. The van der Waals surface area contributed by atoms with Crippen molar-refractivity contribution in [3.8, 4) is 0 Å². The molecule has 0 N–H and O–H groups in total. The van der Waals surface area contributed by atoms with Crippen LogP contribution < -0.4 is 0 Å². The summed E-state index contributed by atoms with van der Waals surface area (Å²) < 4.78 is 10.4. The van der Waals surface area contributed by atoms with Crippen molar-refractivity contribution in [2.75, 3.05) is 13.2 Å². The van der Waals surface area contributed by atoms with Crippen LogP contribution in [0.4, 0.5) is 0 Å². The Balaban J connectivity index is 3.32. The molecule has 4 nitrogen and oxygen atoms in total. The second kappa shape index (κ2) is 17.8. The van der Waals surface area contributed by atoms with Crippen molar-refractivity contribution in [2.45, 2.75) is 104 Å². The summed E-state index contributed by atoms with van der Waals surface area (Å²) in [6.07, 6.45) is 13.0. The highest BCUT2D eigenvalue weighted by molar-refractivity contribution is 5.70. The molecule has 0 aromatic rings. The molecule has 0 aliphatic rings. The Morgan fingerprint density at radius 1 is 0.680 bits per heavy atom. The predicted molar refractivity (Wildman–Crippen MR) is 102 cm³/mol. The number of hydrogen-bond donors (Lipinski definition) is 0. The van der Waals surface area contributed by atoms with Gasteiger partial charge in [0.2, 0.25) is 0 Å². The Morgan fingerprint density at radius 3 is 1.68 bits per heavy atom. The van der Waals surface area contributed by atoms with Gasteiger partial charge in [0.05, 0.1) is 13.2 Å². The largest absolute Gasteiger partial charge is 0.466 e. The van der Waals surface area contributed by atoms with Crippen molar-refractivity contribution in [3.05, 3.63) is 0 Å². The third kappa shape index (κ3) is 19.1. The molecule has 0 aliphatic heterocycles. The zero-order valence-corrected chi connectivity index (χ0v) is 16.8. The molecule has 25 heavy (non-hydrogen) atoms. The first-order valence-corrected chi connectivity index (χ1v) is 10.4. The van der Waals surface area contributed by atoms with Crippen LogP contribution in [0.15, 0.2) is 0 Å². The number of unbranched alkanes of at least 4 members (excludes halogenated alkanes) is 8. The van der Waals surface area contributed by atoms with E-state index in [2.05, 4.69) is 20.8 Å². The first kappa shape index (κ1) is 23.9. The molecule has 0 unspecified atom stereocenters. The van der Waals surface area contributed by atoms with E-state index in [9.17, 15) is 9.59 Å². The van der Waals surface area contributed by atoms with Crippen LogP contribution >= 0.6 is 0 Å². The Labute approximate surface area is 155 Å². The van der Waals surface area contributed by atoms with Gasteiger partial charge in [-0.2, -0.15) is 0 Å².